The maximum Gasteiger partial charge on any atom is 0.253 e. The molecule has 1 unspecified atom stereocenters. The van der Waals surface area contributed by atoms with Crippen molar-refractivity contribution in [3.05, 3.63) is 29.3 Å². The number of hydrogen-bond acceptors (Lipinski definition) is 3. The minimum Gasteiger partial charge on any atom is -0.385 e. The molecule has 4 heteroatoms. The van der Waals surface area contributed by atoms with Crippen molar-refractivity contribution < 1.29 is 9.53 Å². The van der Waals surface area contributed by atoms with E-state index in [1.165, 1.54) is 11.3 Å². The molecule has 108 valence electrons. The number of nitrogens with zero attached hydrogens (tertiary/aromatic N) is 1. The van der Waals surface area contributed by atoms with Crippen LogP contribution in [0.5, 0.6) is 0 Å². The predicted molar refractivity (Wildman–Crippen MR) is 79.1 cm³/mol. The lowest BCUT2D eigenvalue weighted by atomic mass is 10.0. The number of ether oxygens (including phenoxy) is 1. The highest BCUT2D eigenvalue weighted by Gasteiger charge is 2.27. The lowest BCUT2D eigenvalue weighted by molar-refractivity contribution is 0.0775. The molecule has 1 fully saturated rings. The van der Waals surface area contributed by atoms with E-state index in [1.807, 2.05) is 17.0 Å². The minimum atomic E-state index is 0.164. The third-order valence-corrected chi connectivity index (χ3v) is 4.27. The molecule has 0 aliphatic carbocycles. The summed E-state index contributed by atoms with van der Waals surface area (Å²) in [6.45, 7) is 3.45. The van der Waals surface area contributed by atoms with Gasteiger partial charge in [-0.25, -0.2) is 0 Å². The van der Waals surface area contributed by atoms with Crippen molar-refractivity contribution in [2.45, 2.75) is 19.3 Å². The molecular weight excluding hydrogens is 252 g/mol. The van der Waals surface area contributed by atoms with E-state index in [4.69, 9.17) is 4.74 Å². The summed E-state index contributed by atoms with van der Waals surface area (Å²) in [5.74, 6) is 0.653. The monoisotopic (exact) mass is 274 g/mol. The Hall–Kier alpha value is -1.55. The number of anilines is 1. The van der Waals surface area contributed by atoms with Crippen LogP contribution in [-0.2, 0) is 11.2 Å². The number of aryl methyl sites for hydroxylation is 1. The van der Waals surface area contributed by atoms with E-state index in [1.54, 1.807) is 7.11 Å². The second kappa shape index (κ2) is 5.83. The zero-order chi connectivity index (χ0) is 13.9. The second-order valence-electron chi connectivity index (χ2n) is 5.76. The topological polar surface area (TPSA) is 41.6 Å². The van der Waals surface area contributed by atoms with Crippen LogP contribution in [0.3, 0.4) is 0 Å². The predicted octanol–water partition coefficient (Wildman–Crippen LogP) is 2.15. The fourth-order valence-electron chi connectivity index (χ4n) is 3.18. The van der Waals surface area contributed by atoms with Crippen LogP contribution < -0.4 is 5.32 Å². The summed E-state index contributed by atoms with van der Waals surface area (Å²) < 4.78 is 5.19. The van der Waals surface area contributed by atoms with E-state index < -0.39 is 0 Å². The Bertz CT molecular complexity index is 501. The smallest absolute Gasteiger partial charge is 0.253 e. The number of nitrogens with one attached hydrogen (secondary N) is 1. The Kier molecular flexibility index (Phi) is 3.92. The van der Waals surface area contributed by atoms with Gasteiger partial charge < -0.3 is 15.0 Å². The summed E-state index contributed by atoms with van der Waals surface area (Å²) in [7, 11) is 1.72. The molecule has 3 rings (SSSR count). The SMILES string of the molecule is COCC1CCN(C(=O)c2ccc3c(c2)CCCN3)C1. The number of hydrogen-bond donors (Lipinski definition) is 1. The average molecular weight is 274 g/mol. The second-order valence-corrected chi connectivity index (χ2v) is 5.76. The molecule has 1 aromatic rings. The van der Waals surface area contributed by atoms with Crippen LogP contribution in [0.15, 0.2) is 18.2 Å². The number of rotatable bonds is 3. The van der Waals surface area contributed by atoms with Crippen LogP contribution in [0.1, 0.15) is 28.8 Å². The van der Waals surface area contributed by atoms with Gasteiger partial charge in [0, 0.05) is 43.9 Å². The first kappa shape index (κ1) is 13.4. The fraction of sp³-hybridized carbons (Fsp3) is 0.562. The molecule has 1 aromatic carbocycles. The number of methoxy groups -OCH3 is 1. The Morgan fingerprint density at radius 1 is 1.50 bits per heavy atom. The van der Waals surface area contributed by atoms with Crippen molar-refractivity contribution in [1.29, 1.82) is 0 Å². The van der Waals surface area contributed by atoms with Gasteiger partial charge in [-0.3, -0.25) is 4.79 Å². The first-order valence-corrected chi connectivity index (χ1v) is 7.43. The molecule has 0 saturated carbocycles. The molecule has 1 atom stereocenters. The van der Waals surface area contributed by atoms with Crippen molar-refractivity contribution >= 4 is 11.6 Å². The number of benzene rings is 1. The highest BCUT2D eigenvalue weighted by molar-refractivity contribution is 5.95. The number of carbonyl (C=O) groups excluding carboxylic acids is 1. The lowest BCUT2D eigenvalue weighted by Crippen LogP contribution is -2.29. The molecular formula is C16H22N2O2. The normalized spacial score (nSPS) is 21.4. The molecule has 1 amide bonds. The van der Waals surface area contributed by atoms with E-state index in [0.29, 0.717) is 5.92 Å². The van der Waals surface area contributed by atoms with Gasteiger partial charge >= 0.3 is 0 Å². The van der Waals surface area contributed by atoms with E-state index in [0.717, 1.165) is 51.1 Å². The van der Waals surface area contributed by atoms with Crippen molar-refractivity contribution in [2.75, 3.05) is 38.7 Å². The molecule has 1 saturated heterocycles. The van der Waals surface area contributed by atoms with Crippen LogP contribution in [0, 0.1) is 5.92 Å². The molecule has 2 aliphatic rings. The Balaban J connectivity index is 1.71. The van der Waals surface area contributed by atoms with Crippen molar-refractivity contribution in [2.24, 2.45) is 5.92 Å². The summed E-state index contributed by atoms with van der Waals surface area (Å²) >= 11 is 0. The van der Waals surface area contributed by atoms with E-state index in [9.17, 15) is 4.79 Å². The largest absolute Gasteiger partial charge is 0.385 e. The molecule has 0 bridgehead atoms. The number of fused-ring (bicyclic) bond motifs is 1. The number of amides is 1. The maximum atomic E-state index is 12.5. The highest BCUT2D eigenvalue weighted by Crippen LogP contribution is 2.25. The Morgan fingerprint density at radius 2 is 2.40 bits per heavy atom. The van der Waals surface area contributed by atoms with Crippen LogP contribution >= 0.6 is 0 Å². The number of likely N-dealkylation sites (tertiary alicyclic amines) is 1. The molecule has 20 heavy (non-hydrogen) atoms. The fourth-order valence-corrected chi connectivity index (χ4v) is 3.18. The zero-order valence-electron chi connectivity index (χ0n) is 12.0. The lowest BCUT2D eigenvalue weighted by Gasteiger charge is -2.21. The molecule has 0 aromatic heterocycles. The summed E-state index contributed by atoms with van der Waals surface area (Å²) in [6.07, 6.45) is 3.26. The first-order valence-electron chi connectivity index (χ1n) is 7.43. The molecule has 4 nitrogen and oxygen atoms in total. The first-order chi connectivity index (χ1) is 9.78. The van der Waals surface area contributed by atoms with Gasteiger partial charge in [-0.15, -0.1) is 0 Å². The summed E-state index contributed by atoms with van der Waals surface area (Å²) in [5, 5.41) is 3.38. The van der Waals surface area contributed by atoms with Gasteiger partial charge in [0.2, 0.25) is 0 Å². The third kappa shape index (κ3) is 2.66. The van der Waals surface area contributed by atoms with Gasteiger partial charge in [0.15, 0.2) is 0 Å². The van der Waals surface area contributed by atoms with E-state index >= 15 is 0 Å². The maximum absolute atomic E-state index is 12.5. The average Bonchev–Trinajstić information content (AvgIpc) is 2.95. The van der Waals surface area contributed by atoms with Gasteiger partial charge in [0.1, 0.15) is 0 Å². The van der Waals surface area contributed by atoms with Crippen molar-refractivity contribution in [1.82, 2.24) is 4.90 Å². The molecule has 2 heterocycles. The van der Waals surface area contributed by atoms with Crippen molar-refractivity contribution in [3.8, 4) is 0 Å². The standard InChI is InChI=1S/C16H22N2O2/c1-20-11-12-6-8-18(10-12)16(19)14-4-5-15-13(9-14)3-2-7-17-15/h4-5,9,12,17H,2-3,6-8,10-11H2,1H3. The minimum absolute atomic E-state index is 0.164. The summed E-state index contributed by atoms with van der Waals surface area (Å²) in [5.41, 5.74) is 3.28. The zero-order valence-corrected chi connectivity index (χ0v) is 12.0. The number of carbonyl (C=O) groups is 1. The Labute approximate surface area is 120 Å². The molecule has 2 aliphatic heterocycles. The van der Waals surface area contributed by atoms with Gasteiger partial charge in [-0.05, 0) is 43.0 Å². The quantitative estimate of drug-likeness (QED) is 0.918. The molecule has 1 N–H and O–H groups in total. The summed E-state index contributed by atoms with van der Waals surface area (Å²) in [4.78, 5) is 14.5. The molecule has 0 spiro atoms. The van der Waals surface area contributed by atoms with Crippen LogP contribution in [-0.4, -0.2) is 44.2 Å². The van der Waals surface area contributed by atoms with Gasteiger partial charge in [-0.2, -0.15) is 0 Å². The van der Waals surface area contributed by atoms with E-state index in [-0.39, 0.29) is 5.91 Å². The van der Waals surface area contributed by atoms with Crippen molar-refractivity contribution in [3.63, 3.8) is 0 Å². The van der Waals surface area contributed by atoms with Gasteiger partial charge in [0.05, 0.1) is 6.61 Å². The Morgan fingerprint density at radius 3 is 3.25 bits per heavy atom. The third-order valence-electron chi connectivity index (χ3n) is 4.27. The van der Waals surface area contributed by atoms with Crippen LogP contribution in [0.25, 0.3) is 0 Å². The van der Waals surface area contributed by atoms with Gasteiger partial charge in [-0.1, -0.05) is 0 Å². The highest BCUT2D eigenvalue weighted by atomic mass is 16.5. The van der Waals surface area contributed by atoms with E-state index in [2.05, 4.69) is 11.4 Å². The summed E-state index contributed by atoms with van der Waals surface area (Å²) in [6, 6.07) is 6.06. The molecule has 0 radical (unpaired) electrons. The van der Waals surface area contributed by atoms with Crippen LogP contribution in [0.4, 0.5) is 5.69 Å². The van der Waals surface area contributed by atoms with Crippen LogP contribution in [0.2, 0.25) is 0 Å². The van der Waals surface area contributed by atoms with Gasteiger partial charge in [0.25, 0.3) is 5.91 Å².